The van der Waals surface area contributed by atoms with Crippen LogP contribution in [0.2, 0.25) is 0 Å². The summed E-state index contributed by atoms with van der Waals surface area (Å²) in [4.78, 5) is 20.8. The van der Waals surface area contributed by atoms with Crippen LogP contribution in [0.5, 0.6) is 0 Å². The zero-order valence-corrected chi connectivity index (χ0v) is 16.7. The molecule has 0 unspecified atom stereocenters. The van der Waals surface area contributed by atoms with Crippen LogP contribution in [0.3, 0.4) is 0 Å². The summed E-state index contributed by atoms with van der Waals surface area (Å²) in [6, 6.07) is 18.4. The minimum absolute atomic E-state index is 0.0646. The quantitative estimate of drug-likeness (QED) is 0.619. The maximum absolute atomic E-state index is 11.3. The van der Waals surface area contributed by atoms with Crippen molar-refractivity contribution in [2.45, 2.75) is 20.4 Å². The van der Waals surface area contributed by atoms with Gasteiger partial charge in [0, 0.05) is 51.0 Å². The van der Waals surface area contributed by atoms with Gasteiger partial charge in [-0.1, -0.05) is 30.3 Å². The fraction of sp³-hybridized carbons (Fsp3) is 0.364. The lowest BCUT2D eigenvalue weighted by molar-refractivity contribution is -0.114. The van der Waals surface area contributed by atoms with Crippen molar-refractivity contribution in [2.75, 3.05) is 42.9 Å². The smallest absolute Gasteiger partial charge is 0.221 e. The molecule has 0 saturated carbocycles. The minimum atomic E-state index is -0.0646. The Bertz CT molecular complexity index is 798. The largest absolute Gasteiger partial charge is 0.368 e. The first-order valence-electron chi connectivity index (χ1n) is 9.85. The molecule has 2 aromatic carbocycles. The van der Waals surface area contributed by atoms with Gasteiger partial charge in [0.05, 0.1) is 6.54 Å². The third-order valence-corrected chi connectivity index (χ3v) is 4.69. The Balaban J connectivity index is 1.63. The van der Waals surface area contributed by atoms with Crippen molar-refractivity contribution in [1.29, 1.82) is 0 Å². The Hall–Kier alpha value is -3.02. The Morgan fingerprint density at radius 2 is 1.79 bits per heavy atom. The normalized spacial score (nSPS) is 14.7. The SMILES string of the molecule is CCNC(=NCc1cccc(NC(C)=O)c1)N1CCN(c2ccccc2)CC1. The first kappa shape index (κ1) is 19.7. The Labute approximate surface area is 167 Å². The van der Waals surface area contributed by atoms with Crippen LogP contribution in [0, 0.1) is 0 Å². The van der Waals surface area contributed by atoms with Crippen LogP contribution >= 0.6 is 0 Å². The van der Waals surface area contributed by atoms with Crippen molar-refractivity contribution in [1.82, 2.24) is 10.2 Å². The number of hydrogen-bond acceptors (Lipinski definition) is 3. The number of amides is 1. The molecular formula is C22H29N5O. The average molecular weight is 380 g/mol. The molecule has 0 aromatic heterocycles. The number of benzene rings is 2. The van der Waals surface area contributed by atoms with Gasteiger partial charge < -0.3 is 20.4 Å². The fourth-order valence-electron chi connectivity index (χ4n) is 3.36. The van der Waals surface area contributed by atoms with Gasteiger partial charge in [0.25, 0.3) is 0 Å². The molecule has 6 nitrogen and oxygen atoms in total. The van der Waals surface area contributed by atoms with Gasteiger partial charge >= 0.3 is 0 Å². The zero-order chi connectivity index (χ0) is 19.8. The van der Waals surface area contributed by atoms with Crippen LogP contribution in [-0.2, 0) is 11.3 Å². The summed E-state index contributed by atoms with van der Waals surface area (Å²) in [5, 5.41) is 6.23. The highest BCUT2D eigenvalue weighted by Crippen LogP contribution is 2.16. The molecule has 2 aromatic rings. The van der Waals surface area contributed by atoms with Gasteiger partial charge in [0.1, 0.15) is 0 Å². The van der Waals surface area contributed by atoms with Crippen LogP contribution in [0.1, 0.15) is 19.4 Å². The van der Waals surface area contributed by atoms with Crippen molar-refractivity contribution in [3.63, 3.8) is 0 Å². The molecule has 2 N–H and O–H groups in total. The molecule has 0 aliphatic carbocycles. The van der Waals surface area contributed by atoms with Crippen molar-refractivity contribution in [3.8, 4) is 0 Å². The van der Waals surface area contributed by atoms with E-state index in [1.54, 1.807) is 0 Å². The van der Waals surface area contributed by atoms with Crippen LogP contribution in [-0.4, -0.2) is 49.5 Å². The van der Waals surface area contributed by atoms with Gasteiger partial charge in [0.15, 0.2) is 5.96 Å². The van der Waals surface area contributed by atoms with Crippen molar-refractivity contribution < 1.29 is 4.79 Å². The van der Waals surface area contributed by atoms with Gasteiger partial charge in [-0.25, -0.2) is 4.99 Å². The van der Waals surface area contributed by atoms with Crippen molar-refractivity contribution in [3.05, 3.63) is 60.2 Å². The summed E-state index contributed by atoms with van der Waals surface area (Å²) in [6.07, 6.45) is 0. The minimum Gasteiger partial charge on any atom is -0.368 e. The summed E-state index contributed by atoms with van der Waals surface area (Å²) in [5.74, 6) is 0.880. The highest BCUT2D eigenvalue weighted by Gasteiger charge is 2.19. The summed E-state index contributed by atoms with van der Waals surface area (Å²) in [5.41, 5.74) is 3.16. The maximum Gasteiger partial charge on any atom is 0.221 e. The number of carbonyl (C=O) groups is 1. The van der Waals surface area contributed by atoms with Crippen LogP contribution in [0.15, 0.2) is 59.6 Å². The first-order valence-corrected chi connectivity index (χ1v) is 9.85. The van der Waals surface area contributed by atoms with Crippen LogP contribution < -0.4 is 15.5 Å². The standard InChI is InChI=1S/C22H29N5O/c1-3-23-22(24-17-19-8-7-9-20(16-19)25-18(2)28)27-14-12-26(13-15-27)21-10-5-4-6-11-21/h4-11,16H,3,12-15,17H2,1-2H3,(H,23,24)(H,25,28). The molecule has 1 amide bonds. The van der Waals surface area contributed by atoms with E-state index in [1.807, 2.05) is 24.3 Å². The van der Waals surface area contributed by atoms with Crippen molar-refractivity contribution in [2.24, 2.45) is 4.99 Å². The Kier molecular flexibility index (Phi) is 6.89. The Morgan fingerprint density at radius 1 is 1.04 bits per heavy atom. The number of piperazine rings is 1. The number of rotatable bonds is 5. The van der Waals surface area contributed by atoms with Crippen LogP contribution in [0.4, 0.5) is 11.4 Å². The van der Waals surface area contributed by atoms with Gasteiger partial charge in [0.2, 0.25) is 5.91 Å². The van der Waals surface area contributed by atoms with E-state index < -0.39 is 0 Å². The predicted octanol–water partition coefficient (Wildman–Crippen LogP) is 2.93. The zero-order valence-electron chi connectivity index (χ0n) is 16.7. The topological polar surface area (TPSA) is 60.0 Å². The molecule has 1 saturated heterocycles. The number of nitrogens with zero attached hydrogens (tertiary/aromatic N) is 3. The third kappa shape index (κ3) is 5.49. The maximum atomic E-state index is 11.3. The molecule has 1 heterocycles. The third-order valence-electron chi connectivity index (χ3n) is 4.69. The number of hydrogen-bond donors (Lipinski definition) is 2. The van der Waals surface area contributed by atoms with E-state index in [9.17, 15) is 4.79 Å². The van der Waals surface area contributed by atoms with Crippen molar-refractivity contribution >= 4 is 23.2 Å². The van der Waals surface area contributed by atoms with E-state index in [0.717, 1.165) is 49.9 Å². The lowest BCUT2D eigenvalue weighted by atomic mass is 10.2. The second-order valence-corrected chi connectivity index (χ2v) is 6.86. The monoisotopic (exact) mass is 379 g/mol. The fourth-order valence-corrected chi connectivity index (χ4v) is 3.36. The summed E-state index contributed by atoms with van der Waals surface area (Å²) in [7, 11) is 0. The van der Waals surface area contributed by atoms with Gasteiger partial charge in [-0.3, -0.25) is 4.79 Å². The molecule has 0 bridgehead atoms. The highest BCUT2D eigenvalue weighted by atomic mass is 16.1. The lowest BCUT2D eigenvalue weighted by Gasteiger charge is -2.37. The molecule has 1 fully saturated rings. The molecule has 28 heavy (non-hydrogen) atoms. The number of nitrogens with one attached hydrogen (secondary N) is 2. The predicted molar refractivity (Wildman–Crippen MR) is 116 cm³/mol. The highest BCUT2D eigenvalue weighted by molar-refractivity contribution is 5.88. The number of guanidine groups is 1. The van der Waals surface area contributed by atoms with E-state index in [1.165, 1.54) is 12.6 Å². The summed E-state index contributed by atoms with van der Waals surface area (Å²) in [6.45, 7) is 8.85. The molecule has 0 spiro atoms. The van der Waals surface area contributed by atoms with E-state index >= 15 is 0 Å². The van der Waals surface area contributed by atoms with E-state index in [4.69, 9.17) is 4.99 Å². The van der Waals surface area contributed by atoms with Gasteiger partial charge in [-0.05, 0) is 36.8 Å². The molecule has 1 aliphatic heterocycles. The molecule has 3 rings (SSSR count). The molecule has 148 valence electrons. The first-order chi connectivity index (χ1) is 13.7. The Morgan fingerprint density at radius 3 is 2.46 bits per heavy atom. The van der Waals surface area contributed by atoms with E-state index in [2.05, 4.69) is 57.7 Å². The molecule has 6 heteroatoms. The molecule has 0 atom stereocenters. The van der Waals surface area contributed by atoms with Crippen LogP contribution in [0.25, 0.3) is 0 Å². The lowest BCUT2D eigenvalue weighted by Crippen LogP contribution is -2.52. The summed E-state index contributed by atoms with van der Waals surface area (Å²) < 4.78 is 0. The molecule has 0 radical (unpaired) electrons. The number of aliphatic imine (C=N–C) groups is 1. The second-order valence-electron chi connectivity index (χ2n) is 6.86. The van der Waals surface area contributed by atoms with Gasteiger partial charge in [-0.2, -0.15) is 0 Å². The number of carbonyl (C=O) groups excluding carboxylic acids is 1. The molecule has 1 aliphatic rings. The average Bonchev–Trinajstić information content (AvgIpc) is 2.72. The van der Waals surface area contributed by atoms with Gasteiger partial charge in [-0.15, -0.1) is 0 Å². The number of para-hydroxylation sites is 1. The second kappa shape index (κ2) is 9.78. The molecular weight excluding hydrogens is 350 g/mol. The van der Waals surface area contributed by atoms with E-state index in [-0.39, 0.29) is 5.91 Å². The van der Waals surface area contributed by atoms with E-state index in [0.29, 0.717) is 6.54 Å². The number of anilines is 2. The summed E-state index contributed by atoms with van der Waals surface area (Å²) >= 11 is 0.